The van der Waals surface area contributed by atoms with Gasteiger partial charge in [0.15, 0.2) is 11.6 Å². The molecule has 0 spiro atoms. The fraction of sp³-hybridized carbons (Fsp3) is 0.118. The van der Waals surface area contributed by atoms with E-state index in [4.69, 9.17) is 11.6 Å². The molecule has 0 radical (unpaired) electrons. The summed E-state index contributed by atoms with van der Waals surface area (Å²) >= 11 is 5.84. The summed E-state index contributed by atoms with van der Waals surface area (Å²) in [6.07, 6.45) is -8.97. The van der Waals surface area contributed by atoms with Crippen molar-refractivity contribution < 1.29 is 26.3 Å². The van der Waals surface area contributed by atoms with E-state index in [9.17, 15) is 26.3 Å². The van der Waals surface area contributed by atoms with Gasteiger partial charge in [-0.3, -0.25) is 0 Å². The SMILES string of the molecule is FC(F)(F)c1ccc(-c2nc(Cl)nc(-c3ccc(C(F)(F)F)cc3)n2)cc1. The predicted octanol–water partition coefficient (Wildman–Crippen LogP) is 5.90. The Morgan fingerprint density at radius 3 is 1.19 bits per heavy atom. The third kappa shape index (κ3) is 4.36. The summed E-state index contributed by atoms with van der Waals surface area (Å²) in [6.45, 7) is 0. The number of alkyl halides is 6. The molecule has 0 bridgehead atoms. The lowest BCUT2D eigenvalue weighted by Gasteiger charge is -2.09. The molecule has 0 amide bonds. The van der Waals surface area contributed by atoms with Crippen LogP contribution < -0.4 is 0 Å². The largest absolute Gasteiger partial charge is 0.416 e. The molecule has 0 fully saturated rings. The number of aromatic nitrogens is 3. The molecule has 140 valence electrons. The highest BCUT2D eigenvalue weighted by Crippen LogP contribution is 2.32. The Bertz CT molecular complexity index is 875. The lowest BCUT2D eigenvalue weighted by atomic mass is 10.1. The summed E-state index contributed by atoms with van der Waals surface area (Å²) in [5.74, 6) is -0.00255. The molecule has 3 nitrogen and oxygen atoms in total. The van der Waals surface area contributed by atoms with Gasteiger partial charge in [-0.2, -0.15) is 36.3 Å². The van der Waals surface area contributed by atoms with Crippen molar-refractivity contribution in [2.75, 3.05) is 0 Å². The van der Waals surface area contributed by atoms with Gasteiger partial charge in [0.1, 0.15) is 0 Å². The Labute approximate surface area is 153 Å². The summed E-state index contributed by atoms with van der Waals surface area (Å²) in [5, 5.41) is -0.241. The second kappa shape index (κ2) is 6.80. The minimum absolute atomic E-state index is 0.00128. The van der Waals surface area contributed by atoms with Gasteiger partial charge >= 0.3 is 12.4 Å². The fourth-order valence-corrected chi connectivity index (χ4v) is 2.38. The molecule has 0 N–H and O–H groups in total. The van der Waals surface area contributed by atoms with Crippen molar-refractivity contribution in [2.45, 2.75) is 12.4 Å². The van der Waals surface area contributed by atoms with Gasteiger partial charge in [-0.15, -0.1) is 0 Å². The normalized spacial score (nSPS) is 12.3. The third-order valence-corrected chi connectivity index (χ3v) is 3.72. The van der Waals surface area contributed by atoms with Crippen molar-refractivity contribution in [3.63, 3.8) is 0 Å². The maximum Gasteiger partial charge on any atom is 0.416 e. The van der Waals surface area contributed by atoms with Crippen LogP contribution in [0.4, 0.5) is 26.3 Å². The van der Waals surface area contributed by atoms with Crippen LogP contribution in [0.25, 0.3) is 22.8 Å². The van der Waals surface area contributed by atoms with E-state index < -0.39 is 23.5 Å². The van der Waals surface area contributed by atoms with Crippen LogP contribution in [0.3, 0.4) is 0 Å². The van der Waals surface area contributed by atoms with Crippen LogP contribution in [-0.4, -0.2) is 15.0 Å². The highest BCUT2D eigenvalue weighted by atomic mass is 35.5. The summed E-state index contributed by atoms with van der Waals surface area (Å²) in [7, 11) is 0. The monoisotopic (exact) mass is 403 g/mol. The molecular weight excluding hydrogens is 396 g/mol. The van der Waals surface area contributed by atoms with Gasteiger partial charge in [-0.1, -0.05) is 24.3 Å². The molecule has 0 aliphatic heterocycles. The molecule has 3 rings (SSSR count). The van der Waals surface area contributed by atoms with Crippen molar-refractivity contribution >= 4 is 11.6 Å². The number of hydrogen-bond acceptors (Lipinski definition) is 3. The standard InChI is InChI=1S/C17H8ClF6N3/c18-15-26-13(9-1-5-11(6-2-9)16(19,20)21)25-14(27-15)10-3-7-12(8-4-10)17(22,23)24/h1-8H. The van der Waals surface area contributed by atoms with Gasteiger partial charge < -0.3 is 0 Å². The molecule has 0 atom stereocenters. The van der Waals surface area contributed by atoms with E-state index in [1.807, 2.05) is 0 Å². The smallest absolute Gasteiger partial charge is 0.208 e. The van der Waals surface area contributed by atoms with E-state index in [1.165, 1.54) is 24.3 Å². The third-order valence-electron chi connectivity index (χ3n) is 3.55. The maximum atomic E-state index is 12.6. The van der Waals surface area contributed by atoms with Crippen LogP contribution in [-0.2, 0) is 12.4 Å². The summed E-state index contributed by atoms with van der Waals surface area (Å²) in [4.78, 5) is 11.8. The molecule has 1 heterocycles. The lowest BCUT2D eigenvalue weighted by Crippen LogP contribution is -2.05. The van der Waals surface area contributed by atoms with E-state index in [0.29, 0.717) is 0 Å². The first-order valence-corrected chi connectivity index (χ1v) is 7.69. The highest BCUT2D eigenvalue weighted by molar-refractivity contribution is 6.28. The number of halogens is 7. The number of rotatable bonds is 2. The van der Waals surface area contributed by atoms with Gasteiger partial charge in [0.05, 0.1) is 11.1 Å². The van der Waals surface area contributed by atoms with Gasteiger partial charge in [-0.05, 0) is 35.9 Å². The van der Waals surface area contributed by atoms with Crippen LogP contribution in [0.2, 0.25) is 5.28 Å². The van der Waals surface area contributed by atoms with Gasteiger partial charge in [0.2, 0.25) is 5.28 Å². The Morgan fingerprint density at radius 2 is 0.889 bits per heavy atom. The first-order valence-electron chi connectivity index (χ1n) is 7.31. The second-order valence-electron chi connectivity index (χ2n) is 5.40. The first kappa shape index (κ1) is 19.1. The van der Waals surface area contributed by atoms with Gasteiger partial charge in [0.25, 0.3) is 0 Å². The van der Waals surface area contributed by atoms with E-state index in [2.05, 4.69) is 15.0 Å². The Morgan fingerprint density at radius 1 is 0.556 bits per heavy atom. The summed E-state index contributed by atoms with van der Waals surface area (Å²) < 4.78 is 75.9. The molecular formula is C17H8ClF6N3. The van der Waals surface area contributed by atoms with Crippen molar-refractivity contribution in [1.29, 1.82) is 0 Å². The van der Waals surface area contributed by atoms with Crippen LogP contribution in [0.1, 0.15) is 11.1 Å². The predicted molar refractivity (Wildman–Crippen MR) is 85.7 cm³/mol. The first-order chi connectivity index (χ1) is 12.5. The van der Waals surface area contributed by atoms with Crippen molar-refractivity contribution in [3.05, 3.63) is 64.9 Å². The number of hydrogen-bond donors (Lipinski definition) is 0. The Balaban J connectivity index is 1.97. The molecule has 2 aromatic carbocycles. The minimum atomic E-state index is -4.49. The van der Waals surface area contributed by atoms with Crippen LogP contribution in [0.15, 0.2) is 48.5 Å². The van der Waals surface area contributed by atoms with Crippen LogP contribution >= 0.6 is 11.6 Å². The number of nitrogens with zero attached hydrogens (tertiary/aromatic N) is 3. The molecule has 0 aliphatic carbocycles. The minimum Gasteiger partial charge on any atom is -0.208 e. The average molecular weight is 404 g/mol. The second-order valence-corrected chi connectivity index (χ2v) is 5.74. The molecule has 0 saturated heterocycles. The topological polar surface area (TPSA) is 38.7 Å². The van der Waals surface area contributed by atoms with Gasteiger partial charge in [0, 0.05) is 11.1 Å². The summed E-state index contributed by atoms with van der Waals surface area (Å²) in [6, 6.07) is 8.15. The zero-order valence-electron chi connectivity index (χ0n) is 13.1. The molecule has 10 heteroatoms. The van der Waals surface area contributed by atoms with Gasteiger partial charge in [-0.25, -0.2) is 4.98 Å². The van der Waals surface area contributed by atoms with Crippen LogP contribution in [0, 0.1) is 0 Å². The van der Waals surface area contributed by atoms with E-state index in [0.717, 1.165) is 24.3 Å². The van der Waals surface area contributed by atoms with E-state index in [1.54, 1.807) is 0 Å². The maximum absolute atomic E-state index is 12.6. The van der Waals surface area contributed by atoms with Crippen molar-refractivity contribution in [1.82, 2.24) is 15.0 Å². The van der Waals surface area contributed by atoms with E-state index in [-0.39, 0.29) is 28.1 Å². The quantitative estimate of drug-likeness (QED) is 0.500. The zero-order chi connectivity index (χ0) is 19.8. The molecule has 3 aromatic rings. The zero-order valence-corrected chi connectivity index (χ0v) is 13.9. The molecule has 0 saturated carbocycles. The van der Waals surface area contributed by atoms with Crippen molar-refractivity contribution in [3.8, 4) is 22.8 Å². The molecule has 27 heavy (non-hydrogen) atoms. The fourth-order valence-electron chi connectivity index (χ4n) is 2.22. The van der Waals surface area contributed by atoms with Crippen LogP contribution in [0.5, 0.6) is 0 Å². The molecule has 0 aliphatic rings. The molecule has 0 unspecified atom stereocenters. The Hall–Kier alpha value is -2.68. The molecule has 1 aromatic heterocycles. The van der Waals surface area contributed by atoms with Crippen molar-refractivity contribution in [2.24, 2.45) is 0 Å². The average Bonchev–Trinajstić information content (AvgIpc) is 2.60. The lowest BCUT2D eigenvalue weighted by molar-refractivity contribution is -0.138. The highest BCUT2D eigenvalue weighted by Gasteiger charge is 2.31. The Kier molecular flexibility index (Phi) is 4.81. The summed E-state index contributed by atoms with van der Waals surface area (Å²) in [5.41, 5.74) is -1.18. The number of benzene rings is 2. The van der Waals surface area contributed by atoms with E-state index >= 15 is 0 Å².